The fraction of sp³-hybridized carbons (Fsp3) is 0.750. The summed E-state index contributed by atoms with van der Waals surface area (Å²) in [7, 11) is 2.97. The maximum atomic E-state index is 11.1. The molecule has 0 unspecified atom stereocenters. The molecule has 0 aliphatic carbocycles. The lowest BCUT2D eigenvalue weighted by Gasteiger charge is -2.02. The van der Waals surface area contributed by atoms with Gasteiger partial charge in [0.05, 0.1) is 5.75 Å². The Hall–Kier alpha value is -0.360. The Morgan fingerprint density at radius 3 is 2.93 bits per heavy atom. The van der Waals surface area contributed by atoms with Gasteiger partial charge in [0.15, 0.2) is 0 Å². The second kappa shape index (κ2) is 10.7. The highest BCUT2D eigenvalue weighted by molar-refractivity contribution is 8.76. The van der Waals surface area contributed by atoms with Gasteiger partial charge in [-0.15, -0.1) is 0 Å². The molecule has 0 aromatic rings. The van der Waals surface area contributed by atoms with E-state index in [0.29, 0.717) is 18.1 Å². The third-order valence-corrected chi connectivity index (χ3v) is 3.50. The average Bonchev–Trinajstić information content (AvgIpc) is 2.19. The first-order valence-electron chi connectivity index (χ1n) is 4.92. The lowest BCUT2D eigenvalue weighted by Crippen LogP contribution is -2.25. The number of amides is 2. The van der Waals surface area contributed by atoms with Crippen molar-refractivity contribution in [3.8, 4) is 0 Å². The van der Waals surface area contributed by atoms with Gasteiger partial charge in [-0.05, 0) is 6.42 Å². The Kier molecular flexibility index (Phi) is 8.97. The van der Waals surface area contributed by atoms with E-state index in [2.05, 4.69) is 10.6 Å². The molecule has 0 rings (SSSR count). The van der Waals surface area contributed by atoms with Crippen molar-refractivity contribution < 1.29 is 11.0 Å². The van der Waals surface area contributed by atoms with E-state index in [1.165, 1.54) is 21.6 Å². The molecule has 0 saturated heterocycles. The summed E-state index contributed by atoms with van der Waals surface area (Å²) in [6.07, 6.45) is 0.181. The summed E-state index contributed by atoms with van der Waals surface area (Å²) in [5.74, 6) is 1.18. The van der Waals surface area contributed by atoms with E-state index in [4.69, 9.17) is 1.37 Å². The molecule has 2 amide bonds. The first-order chi connectivity index (χ1) is 7.16. The van der Waals surface area contributed by atoms with Gasteiger partial charge in [-0.1, -0.05) is 28.5 Å². The third kappa shape index (κ3) is 9.73. The van der Waals surface area contributed by atoms with Crippen LogP contribution in [0.1, 0.15) is 14.7 Å². The zero-order valence-corrected chi connectivity index (χ0v) is 9.80. The van der Waals surface area contributed by atoms with Crippen molar-refractivity contribution in [3.05, 3.63) is 0 Å². The fourth-order valence-corrected chi connectivity index (χ4v) is 2.38. The predicted molar refractivity (Wildman–Crippen MR) is 62.3 cm³/mol. The molecule has 0 saturated carbocycles. The first kappa shape index (κ1) is 11.7. The zero-order chi connectivity index (χ0) is 11.5. The van der Waals surface area contributed by atoms with Crippen LogP contribution >= 0.6 is 21.6 Å². The average molecular weight is 238 g/mol. The Morgan fingerprint density at radius 1 is 1.50 bits per heavy atom. The topological polar surface area (TPSA) is 58.2 Å². The van der Waals surface area contributed by atoms with Crippen molar-refractivity contribution in [1.82, 2.24) is 10.6 Å². The van der Waals surface area contributed by atoms with E-state index in [9.17, 15) is 9.59 Å². The third-order valence-electron chi connectivity index (χ3n) is 1.23. The molecule has 0 spiro atoms. The smallest absolute Gasteiger partial charge is 0.230 e. The van der Waals surface area contributed by atoms with E-state index < -0.39 is 6.39 Å². The minimum absolute atomic E-state index is 0.0406. The number of rotatable bonds is 8. The molecule has 82 valence electrons. The molecule has 0 bridgehead atoms. The standard InChI is InChI=1S/C8H16N2O2S2/c1-2-3-10-8(12)6-14-13-5-4-9-7-11/h7H,2-6H2,1H3,(H,9,11)(H,10,12)/i7T. The van der Waals surface area contributed by atoms with Gasteiger partial charge in [0.25, 0.3) is 0 Å². The summed E-state index contributed by atoms with van der Waals surface area (Å²) in [5, 5.41) is 5.13. The van der Waals surface area contributed by atoms with Crippen molar-refractivity contribution in [2.45, 2.75) is 13.3 Å². The van der Waals surface area contributed by atoms with E-state index in [1.807, 2.05) is 6.92 Å². The van der Waals surface area contributed by atoms with E-state index >= 15 is 0 Å². The van der Waals surface area contributed by atoms with Crippen LogP contribution in [0, 0.1) is 0 Å². The fourth-order valence-electron chi connectivity index (χ4n) is 0.613. The van der Waals surface area contributed by atoms with Crippen LogP contribution in [-0.4, -0.2) is 36.9 Å². The minimum atomic E-state index is -0.763. The van der Waals surface area contributed by atoms with Crippen molar-refractivity contribution >= 4 is 33.9 Å². The molecule has 4 nitrogen and oxygen atoms in total. The number of carbonyl (C=O) groups is 2. The monoisotopic (exact) mass is 238 g/mol. The zero-order valence-electron chi connectivity index (χ0n) is 9.17. The van der Waals surface area contributed by atoms with Gasteiger partial charge in [0, 0.05) is 18.8 Å². The van der Waals surface area contributed by atoms with Crippen LogP contribution < -0.4 is 10.6 Å². The van der Waals surface area contributed by atoms with Crippen LogP contribution in [0.25, 0.3) is 0 Å². The molecule has 0 fully saturated rings. The van der Waals surface area contributed by atoms with Gasteiger partial charge in [0.2, 0.25) is 12.3 Å². The van der Waals surface area contributed by atoms with Gasteiger partial charge in [-0.2, -0.15) is 0 Å². The Morgan fingerprint density at radius 2 is 2.29 bits per heavy atom. The molecule has 0 aromatic heterocycles. The molecule has 0 atom stereocenters. The molecule has 0 heterocycles. The Balaban J connectivity index is 3.16. The molecule has 0 aliphatic rings. The molecule has 2 N–H and O–H groups in total. The van der Waals surface area contributed by atoms with Crippen molar-refractivity contribution in [1.29, 1.82) is 0 Å². The van der Waals surface area contributed by atoms with Crippen LogP contribution in [0.5, 0.6) is 0 Å². The van der Waals surface area contributed by atoms with Crippen molar-refractivity contribution in [2.24, 2.45) is 0 Å². The molecule has 0 radical (unpaired) electrons. The number of hydrogen-bond donors (Lipinski definition) is 2. The Bertz CT molecular complexity index is 205. The lowest BCUT2D eigenvalue weighted by atomic mass is 10.5. The predicted octanol–water partition coefficient (Wildman–Crippen LogP) is 0.640. The van der Waals surface area contributed by atoms with E-state index in [1.54, 1.807) is 0 Å². The van der Waals surface area contributed by atoms with Gasteiger partial charge in [-0.25, -0.2) is 0 Å². The SMILES string of the molecule is [3H]C(=O)NCCSSCC(=O)NCCC. The molecule has 14 heavy (non-hydrogen) atoms. The first-order valence-corrected chi connectivity index (χ1v) is 6.91. The lowest BCUT2D eigenvalue weighted by molar-refractivity contribution is -0.118. The van der Waals surface area contributed by atoms with E-state index in [-0.39, 0.29) is 5.91 Å². The number of hydrogen-bond acceptors (Lipinski definition) is 4. The maximum absolute atomic E-state index is 11.1. The second-order valence-electron chi connectivity index (χ2n) is 2.46. The Labute approximate surface area is 93.8 Å². The summed E-state index contributed by atoms with van der Waals surface area (Å²) in [4.78, 5) is 21.3. The molecule has 0 aromatic carbocycles. The summed E-state index contributed by atoms with van der Waals surface area (Å²) in [6, 6.07) is 0. The van der Waals surface area contributed by atoms with Crippen molar-refractivity contribution in [2.75, 3.05) is 24.6 Å². The van der Waals surface area contributed by atoms with Crippen LogP contribution in [0.3, 0.4) is 0 Å². The number of nitrogens with one attached hydrogen (secondary N) is 2. The highest BCUT2D eigenvalue weighted by Gasteiger charge is 1.99. The molecular formula is C8H16N2O2S2. The summed E-state index contributed by atoms with van der Waals surface area (Å²) in [6.45, 7) is 3.20. The summed E-state index contributed by atoms with van der Waals surface area (Å²) >= 11 is 0. The largest absolute Gasteiger partial charge is 0.358 e. The van der Waals surface area contributed by atoms with Crippen molar-refractivity contribution in [3.63, 3.8) is 0 Å². The van der Waals surface area contributed by atoms with Gasteiger partial charge >= 0.3 is 0 Å². The minimum Gasteiger partial charge on any atom is -0.358 e. The maximum Gasteiger partial charge on any atom is 0.230 e. The van der Waals surface area contributed by atoms with Gasteiger partial charge < -0.3 is 10.6 Å². The summed E-state index contributed by atoms with van der Waals surface area (Å²) < 4.78 is 6.57. The quantitative estimate of drug-likeness (QED) is 0.370. The van der Waals surface area contributed by atoms with Crippen LogP contribution in [-0.2, 0) is 9.59 Å². The highest BCUT2D eigenvalue weighted by atomic mass is 33.1. The summed E-state index contributed by atoms with van der Waals surface area (Å²) in [5.41, 5.74) is 0. The molecule has 6 heteroatoms. The molecular weight excluding hydrogens is 220 g/mol. The van der Waals surface area contributed by atoms with Crippen LogP contribution in [0.4, 0.5) is 0 Å². The molecule has 0 aliphatic heterocycles. The van der Waals surface area contributed by atoms with E-state index in [0.717, 1.165) is 13.0 Å². The normalized spacial score (nSPS) is 10.5. The van der Waals surface area contributed by atoms with Gasteiger partial charge in [-0.3, -0.25) is 9.59 Å². The number of carbonyl (C=O) groups excluding carboxylic acids is 2. The van der Waals surface area contributed by atoms with Gasteiger partial charge in [0.1, 0.15) is 1.37 Å². The highest BCUT2D eigenvalue weighted by Crippen LogP contribution is 2.19. The van der Waals surface area contributed by atoms with Crippen LogP contribution in [0.15, 0.2) is 0 Å². The van der Waals surface area contributed by atoms with Crippen LogP contribution in [0.2, 0.25) is 0 Å². The second-order valence-corrected chi connectivity index (χ2v) is 5.05.